The number of hydrogen-bond acceptors (Lipinski definition) is 2. The summed E-state index contributed by atoms with van der Waals surface area (Å²) < 4.78 is 0. The number of hydrogen-bond donors (Lipinski definition) is 1. The molecule has 1 rings (SSSR count). The Morgan fingerprint density at radius 1 is 1.22 bits per heavy atom. The van der Waals surface area contributed by atoms with Gasteiger partial charge >= 0.3 is 0 Å². The van der Waals surface area contributed by atoms with Gasteiger partial charge in [0.05, 0.1) is 0 Å². The van der Waals surface area contributed by atoms with Crippen molar-refractivity contribution in [2.45, 2.75) is 65.8 Å². The molecule has 2 heteroatoms. The van der Waals surface area contributed by atoms with E-state index in [-0.39, 0.29) is 0 Å². The maximum absolute atomic E-state index is 3.83. The molecule has 2 nitrogen and oxygen atoms in total. The molecule has 0 aromatic heterocycles. The van der Waals surface area contributed by atoms with Gasteiger partial charge in [-0.3, -0.25) is 0 Å². The predicted octanol–water partition coefficient (Wildman–Crippen LogP) is 3.52. The largest absolute Gasteiger partial charge is 0.313 e. The van der Waals surface area contributed by atoms with E-state index in [1.165, 1.54) is 51.7 Å². The van der Waals surface area contributed by atoms with Crippen LogP contribution >= 0.6 is 0 Å². The monoisotopic (exact) mass is 254 g/mol. The lowest BCUT2D eigenvalue weighted by molar-refractivity contribution is 0.0854. The van der Waals surface area contributed by atoms with Crippen LogP contribution in [0, 0.1) is 11.3 Å². The molecular weight excluding hydrogens is 220 g/mol. The second-order valence-electron chi connectivity index (χ2n) is 6.83. The van der Waals surface area contributed by atoms with Crippen molar-refractivity contribution >= 4 is 0 Å². The lowest BCUT2D eigenvalue weighted by Crippen LogP contribution is -2.52. The maximum atomic E-state index is 3.83. The minimum absolute atomic E-state index is 0.463. The Balaban J connectivity index is 2.60. The van der Waals surface area contributed by atoms with Gasteiger partial charge in [0.15, 0.2) is 0 Å². The molecule has 1 aliphatic carbocycles. The third-order valence-corrected chi connectivity index (χ3v) is 4.48. The van der Waals surface area contributed by atoms with Crippen LogP contribution in [0.4, 0.5) is 0 Å². The minimum Gasteiger partial charge on any atom is -0.313 e. The molecule has 0 heterocycles. The lowest BCUT2D eigenvalue weighted by Gasteiger charge is -2.46. The number of rotatable bonds is 7. The molecule has 108 valence electrons. The summed E-state index contributed by atoms with van der Waals surface area (Å²) in [4.78, 5) is 2.52. The van der Waals surface area contributed by atoms with Crippen molar-refractivity contribution in [2.75, 3.05) is 26.7 Å². The summed E-state index contributed by atoms with van der Waals surface area (Å²) in [6.07, 6.45) is 6.69. The van der Waals surface area contributed by atoms with Gasteiger partial charge in [0.2, 0.25) is 0 Å². The molecule has 1 saturated carbocycles. The van der Waals surface area contributed by atoms with Crippen LogP contribution in [0.3, 0.4) is 0 Å². The maximum Gasteiger partial charge on any atom is 0.0159 e. The number of nitrogens with zero attached hydrogens (tertiary/aromatic N) is 1. The van der Waals surface area contributed by atoms with Crippen molar-refractivity contribution in [3.63, 3.8) is 0 Å². The van der Waals surface area contributed by atoms with Crippen LogP contribution in [0.2, 0.25) is 0 Å². The molecule has 1 N–H and O–H groups in total. The molecule has 0 bridgehead atoms. The highest BCUT2D eigenvalue weighted by molar-refractivity contribution is 4.94. The topological polar surface area (TPSA) is 15.3 Å². The van der Waals surface area contributed by atoms with Crippen molar-refractivity contribution in [1.29, 1.82) is 0 Å². The smallest absolute Gasteiger partial charge is 0.0159 e. The number of nitrogens with one attached hydrogen (secondary N) is 1. The second kappa shape index (κ2) is 7.49. The summed E-state index contributed by atoms with van der Waals surface area (Å²) in [6.45, 7) is 13.1. The van der Waals surface area contributed by atoms with Gasteiger partial charge in [-0.2, -0.15) is 0 Å². The first-order valence-corrected chi connectivity index (χ1v) is 7.93. The molecule has 0 spiro atoms. The van der Waals surface area contributed by atoms with Gasteiger partial charge < -0.3 is 10.2 Å². The van der Waals surface area contributed by atoms with E-state index < -0.39 is 0 Å². The Bertz CT molecular complexity index is 225. The minimum atomic E-state index is 0.463. The van der Waals surface area contributed by atoms with E-state index in [2.05, 4.69) is 45.0 Å². The van der Waals surface area contributed by atoms with Gasteiger partial charge in [-0.15, -0.1) is 0 Å². The molecule has 0 radical (unpaired) electrons. The van der Waals surface area contributed by atoms with Gasteiger partial charge in [0.25, 0.3) is 0 Å². The Kier molecular flexibility index (Phi) is 6.65. The highest BCUT2D eigenvalue weighted by Gasteiger charge is 2.38. The lowest BCUT2D eigenvalue weighted by atomic mass is 9.67. The average molecular weight is 254 g/mol. The molecule has 0 aliphatic heterocycles. The average Bonchev–Trinajstić information content (AvgIpc) is 2.27. The van der Waals surface area contributed by atoms with Crippen molar-refractivity contribution in [1.82, 2.24) is 10.2 Å². The van der Waals surface area contributed by atoms with Gasteiger partial charge in [-0.05, 0) is 57.2 Å². The Morgan fingerprint density at radius 3 is 2.56 bits per heavy atom. The van der Waals surface area contributed by atoms with Crippen molar-refractivity contribution < 1.29 is 0 Å². The molecule has 0 aromatic carbocycles. The Labute approximate surface area is 115 Å². The Hall–Kier alpha value is -0.0800. The zero-order valence-corrected chi connectivity index (χ0v) is 13.3. The molecule has 1 fully saturated rings. The SMILES string of the molecule is CCCNC1C(CN(C)CCC)CCCC1(C)C. The van der Waals surface area contributed by atoms with E-state index in [1.807, 2.05) is 0 Å². The van der Waals surface area contributed by atoms with E-state index in [0.29, 0.717) is 11.5 Å². The van der Waals surface area contributed by atoms with Crippen LogP contribution in [0.15, 0.2) is 0 Å². The van der Waals surface area contributed by atoms with Crippen molar-refractivity contribution in [2.24, 2.45) is 11.3 Å². The molecule has 0 aromatic rings. The summed E-state index contributed by atoms with van der Waals surface area (Å²) in [6, 6.07) is 0.700. The van der Waals surface area contributed by atoms with E-state index in [1.54, 1.807) is 0 Å². The van der Waals surface area contributed by atoms with Crippen LogP contribution in [0.25, 0.3) is 0 Å². The Morgan fingerprint density at radius 2 is 1.94 bits per heavy atom. The summed E-state index contributed by atoms with van der Waals surface area (Å²) >= 11 is 0. The van der Waals surface area contributed by atoms with Gasteiger partial charge in [0.1, 0.15) is 0 Å². The van der Waals surface area contributed by atoms with Crippen LogP contribution < -0.4 is 5.32 Å². The summed E-state index contributed by atoms with van der Waals surface area (Å²) in [5.41, 5.74) is 0.463. The fourth-order valence-electron chi connectivity index (χ4n) is 3.59. The van der Waals surface area contributed by atoms with Gasteiger partial charge in [0, 0.05) is 12.6 Å². The molecule has 1 aliphatic rings. The highest BCUT2D eigenvalue weighted by Crippen LogP contribution is 2.39. The first-order chi connectivity index (χ1) is 8.51. The highest BCUT2D eigenvalue weighted by atomic mass is 15.1. The van der Waals surface area contributed by atoms with Crippen LogP contribution in [-0.4, -0.2) is 37.6 Å². The normalized spacial score (nSPS) is 27.7. The molecule has 2 unspecified atom stereocenters. The van der Waals surface area contributed by atoms with Crippen molar-refractivity contribution in [3.05, 3.63) is 0 Å². The second-order valence-corrected chi connectivity index (χ2v) is 6.83. The summed E-state index contributed by atoms with van der Waals surface area (Å²) in [7, 11) is 2.28. The zero-order valence-electron chi connectivity index (χ0n) is 13.3. The van der Waals surface area contributed by atoms with E-state index >= 15 is 0 Å². The molecule has 0 amide bonds. The molecular formula is C16H34N2. The van der Waals surface area contributed by atoms with Crippen LogP contribution in [-0.2, 0) is 0 Å². The van der Waals surface area contributed by atoms with E-state index in [9.17, 15) is 0 Å². The molecule has 18 heavy (non-hydrogen) atoms. The third-order valence-electron chi connectivity index (χ3n) is 4.48. The van der Waals surface area contributed by atoms with Gasteiger partial charge in [-0.1, -0.05) is 34.1 Å². The standard InChI is InChI=1S/C16H34N2/c1-6-11-17-15-14(13-18(5)12-7-2)9-8-10-16(15,3)4/h14-15,17H,6-13H2,1-5H3. The summed E-state index contributed by atoms with van der Waals surface area (Å²) in [5.74, 6) is 0.830. The van der Waals surface area contributed by atoms with E-state index in [0.717, 1.165) is 5.92 Å². The van der Waals surface area contributed by atoms with Crippen molar-refractivity contribution in [3.8, 4) is 0 Å². The molecule has 0 saturated heterocycles. The van der Waals surface area contributed by atoms with E-state index in [4.69, 9.17) is 0 Å². The first-order valence-electron chi connectivity index (χ1n) is 7.93. The quantitative estimate of drug-likeness (QED) is 0.748. The fourth-order valence-corrected chi connectivity index (χ4v) is 3.59. The fraction of sp³-hybridized carbons (Fsp3) is 1.00. The zero-order chi connectivity index (χ0) is 13.6. The van der Waals surface area contributed by atoms with Crippen LogP contribution in [0.1, 0.15) is 59.8 Å². The molecule has 2 atom stereocenters. The summed E-state index contributed by atoms with van der Waals surface area (Å²) in [5, 5.41) is 3.83. The first kappa shape index (κ1) is 16.0. The van der Waals surface area contributed by atoms with Gasteiger partial charge in [-0.25, -0.2) is 0 Å². The predicted molar refractivity (Wildman–Crippen MR) is 81.0 cm³/mol. The van der Waals surface area contributed by atoms with Crippen LogP contribution in [0.5, 0.6) is 0 Å². The third kappa shape index (κ3) is 4.55.